The summed E-state index contributed by atoms with van der Waals surface area (Å²) in [5, 5.41) is 10.9. The van der Waals surface area contributed by atoms with Gasteiger partial charge in [0.1, 0.15) is 11.7 Å². The van der Waals surface area contributed by atoms with Crippen molar-refractivity contribution in [1.82, 2.24) is 0 Å². The SMILES string of the molecule is CC(C#N)C(=O)Nc1ccc(OC(F)(F)F)cc1. The maximum Gasteiger partial charge on any atom is 0.573 e. The van der Waals surface area contributed by atoms with E-state index in [0.29, 0.717) is 0 Å². The minimum absolute atomic E-state index is 0.289. The van der Waals surface area contributed by atoms with E-state index in [1.807, 2.05) is 0 Å². The molecule has 1 aromatic rings. The molecule has 18 heavy (non-hydrogen) atoms. The van der Waals surface area contributed by atoms with Gasteiger partial charge in [-0.25, -0.2) is 0 Å². The lowest BCUT2D eigenvalue weighted by Crippen LogP contribution is -2.19. The zero-order chi connectivity index (χ0) is 13.8. The number of alkyl halides is 3. The van der Waals surface area contributed by atoms with Crippen molar-refractivity contribution < 1.29 is 22.7 Å². The number of carbonyl (C=O) groups excluding carboxylic acids is 1. The Balaban J connectivity index is 2.67. The number of anilines is 1. The van der Waals surface area contributed by atoms with Crippen molar-refractivity contribution in [2.24, 2.45) is 5.92 Å². The minimum atomic E-state index is -4.75. The Labute approximate surface area is 101 Å². The van der Waals surface area contributed by atoms with E-state index in [-0.39, 0.29) is 11.4 Å². The maximum atomic E-state index is 11.9. The van der Waals surface area contributed by atoms with Gasteiger partial charge in [0, 0.05) is 5.69 Å². The number of carbonyl (C=O) groups is 1. The third-order valence-corrected chi connectivity index (χ3v) is 1.94. The lowest BCUT2D eigenvalue weighted by atomic mass is 10.2. The van der Waals surface area contributed by atoms with Gasteiger partial charge in [-0.05, 0) is 31.2 Å². The van der Waals surface area contributed by atoms with E-state index in [9.17, 15) is 18.0 Å². The average Bonchev–Trinajstić information content (AvgIpc) is 2.28. The third-order valence-electron chi connectivity index (χ3n) is 1.94. The summed E-state index contributed by atoms with van der Waals surface area (Å²) in [7, 11) is 0. The number of hydrogen-bond donors (Lipinski definition) is 1. The van der Waals surface area contributed by atoms with Gasteiger partial charge in [0.05, 0.1) is 6.07 Å². The molecule has 0 aliphatic rings. The van der Waals surface area contributed by atoms with E-state index in [4.69, 9.17) is 5.26 Å². The van der Waals surface area contributed by atoms with E-state index in [1.165, 1.54) is 19.1 Å². The van der Waals surface area contributed by atoms with E-state index in [2.05, 4.69) is 10.1 Å². The van der Waals surface area contributed by atoms with Gasteiger partial charge in [0.2, 0.25) is 5.91 Å². The van der Waals surface area contributed by atoms with Crippen LogP contribution in [0.3, 0.4) is 0 Å². The van der Waals surface area contributed by atoms with E-state index in [1.54, 1.807) is 6.07 Å². The number of ether oxygens (including phenoxy) is 1. The fourth-order valence-corrected chi connectivity index (χ4v) is 1.05. The highest BCUT2D eigenvalue weighted by molar-refractivity contribution is 5.93. The van der Waals surface area contributed by atoms with Crippen LogP contribution in [0, 0.1) is 17.2 Å². The van der Waals surface area contributed by atoms with Crippen molar-refractivity contribution in [2.75, 3.05) is 5.32 Å². The van der Waals surface area contributed by atoms with Crippen LogP contribution in [-0.2, 0) is 4.79 Å². The molecule has 4 nitrogen and oxygen atoms in total. The van der Waals surface area contributed by atoms with Gasteiger partial charge < -0.3 is 10.1 Å². The second-order valence-electron chi connectivity index (χ2n) is 3.41. The molecule has 1 unspecified atom stereocenters. The van der Waals surface area contributed by atoms with Gasteiger partial charge in [-0.1, -0.05) is 0 Å². The molecule has 0 fully saturated rings. The first kappa shape index (κ1) is 13.8. The Bertz CT molecular complexity index is 463. The first-order chi connectivity index (χ1) is 8.31. The van der Waals surface area contributed by atoms with Crippen LogP contribution in [0.25, 0.3) is 0 Å². The Morgan fingerprint density at radius 2 is 1.94 bits per heavy atom. The Morgan fingerprint density at radius 1 is 1.39 bits per heavy atom. The van der Waals surface area contributed by atoms with Crippen molar-refractivity contribution >= 4 is 11.6 Å². The van der Waals surface area contributed by atoms with Gasteiger partial charge in [0.25, 0.3) is 0 Å². The Hall–Kier alpha value is -2.23. The summed E-state index contributed by atoms with van der Waals surface area (Å²) in [6.07, 6.45) is -4.75. The number of rotatable bonds is 3. The Kier molecular flexibility index (Phi) is 4.15. The topological polar surface area (TPSA) is 62.1 Å². The quantitative estimate of drug-likeness (QED) is 0.906. The first-order valence-electron chi connectivity index (χ1n) is 4.88. The van der Waals surface area contributed by atoms with Crippen LogP contribution in [0.2, 0.25) is 0 Å². The highest BCUT2D eigenvalue weighted by atomic mass is 19.4. The molecular formula is C11H9F3N2O2. The zero-order valence-electron chi connectivity index (χ0n) is 9.28. The Morgan fingerprint density at radius 3 is 2.39 bits per heavy atom. The van der Waals surface area contributed by atoms with Crippen LogP contribution in [0.15, 0.2) is 24.3 Å². The molecule has 0 saturated heterocycles. The van der Waals surface area contributed by atoms with E-state index >= 15 is 0 Å². The van der Waals surface area contributed by atoms with Crippen molar-refractivity contribution in [3.05, 3.63) is 24.3 Å². The van der Waals surface area contributed by atoms with Gasteiger partial charge in [-0.15, -0.1) is 13.2 Å². The molecule has 1 N–H and O–H groups in total. The number of hydrogen-bond acceptors (Lipinski definition) is 3. The van der Waals surface area contributed by atoms with E-state index in [0.717, 1.165) is 12.1 Å². The molecule has 1 amide bonds. The molecule has 1 atom stereocenters. The molecule has 0 spiro atoms. The first-order valence-corrected chi connectivity index (χ1v) is 4.88. The van der Waals surface area contributed by atoms with Crippen molar-refractivity contribution in [3.63, 3.8) is 0 Å². The second-order valence-corrected chi connectivity index (χ2v) is 3.41. The lowest BCUT2D eigenvalue weighted by Gasteiger charge is -2.10. The van der Waals surface area contributed by atoms with Crippen LogP contribution < -0.4 is 10.1 Å². The van der Waals surface area contributed by atoms with Crippen molar-refractivity contribution in [3.8, 4) is 11.8 Å². The van der Waals surface area contributed by atoms with Gasteiger partial charge in [0.15, 0.2) is 0 Å². The van der Waals surface area contributed by atoms with E-state index < -0.39 is 18.2 Å². The predicted molar refractivity (Wildman–Crippen MR) is 56.5 cm³/mol. The third kappa shape index (κ3) is 4.33. The van der Waals surface area contributed by atoms with Crippen LogP contribution in [0.1, 0.15) is 6.92 Å². The molecule has 7 heteroatoms. The number of amides is 1. The number of nitrogens with zero attached hydrogens (tertiary/aromatic N) is 1. The molecule has 0 aliphatic carbocycles. The summed E-state index contributed by atoms with van der Waals surface area (Å²) in [6.45, 7) is 1.41. The summed E-state index contributed by atoms with van der Waals surface area (Å²) in [5.74, 6) is -1.74. The molecular weight excluding hydrogens is 249 g/mol. The molecule has 1 rings (SSSR count). The number of halogens is 3. The number of nitriles is 1. The molecule has 0 saturated carbocycles. The summed E-state index contributed by atoms with van der Waals surface area (Å²) in [5.41, 5.74) is 0.289. The van der Waals surface area contributed by atoms with Crippen molar-refractivity contribution in [1.29, 1.82) is 5.26 Å². The van der Waals surface area contributed by atoms with Crippen LogP contribution in [-0.4, -0.2) is 12.3 Å². The smallest absolute Gasteiger partial charge is 0.406 e. The summed E-state index contributed by atoms with van der Waals surface area (Å²) in [6, 6.07) is 6.39. The van der Waals surface area contributed by atoms with Crippen LogP contribution in [0.4, 0.5) is 18.9 Å². The molecule has 1 aromatic carbocycles. The number of benzene rings is 1. The van der Waals surface area contributed by atoms with Crippen LogP contribution in [0.5, 0.6) is 5.75 Å². The molecule has 96 valence electrons. The van der Waals surface area contributed by atoms with Gasteiger partial charge >= 0.3 is 6.36 Å². The normalized spacial score (nSPS) is 12.4. The standard InChI is InChI=1S/C11H9F3N2O2/c1-7(6-15)10(17)16-8-2-4-9(5-3-8)18-11(12,13)14/h2-5,7H,1H3,(H,16,17). The predicted octanol–water partition coefficient (Wildman–Crippen LogP) is 2.68. The fourth-order valence-electron chi connectivity index (χ4n) is 1.05. The fraction of sp³-hybridized carbons (Fsp3) is 0.273. The highest BCUT2D eigenvalue weighted by Gasteiger charge is 2.30. The van der Waals surface area contributed by atoms with Gasteiger partial charge in [-0.3, -0.25) is 4.79 Å². The molecule has 0 bridgehead atoms. The monoisotopic (exact) mass is 258 g/mol. The highest BCUT2D eigenvalue weighted by Crippen LogP contribution is 2.24. The second kappa shape index (κ2) is 5.40. The van der Waals surface area contributed by atoms with Gasteiger partial charge in [-0.2, -0.15) is 5.26 Å². The summed E-state index contributed by atoms with van der Waals surface area (Å²) in [4.78, 5) is 11.3. The van der Waals surface area contributed by atoms with Crippen molar-refractivity contribution in [2.45, 2.75) is 13.3 Å². The summed E-state index contributed by atoms with van der Waals surface area (Å²) >= 11 is 0. The zero-order valence-corrected chi connectivity index (χ0v) is 9.28. The largest absolute Gasteiger partial charge is 0.573 e. The maximum absolute atomic E-state index is 11.9. The molecule has 0 aliphatic heterocycles. The number of nitrogens with one attached hydrogen (secondary N) is 1. The summed E-state index contributed by atoms with van der Waals surface area (Å²) < 4.78 is 39.3. The lowest BCUT2D eigenvalue weighted by molar-refractivity contribution is -0.274. The minimum Gasteiger partial charge on any atom is -0.406 e. The molecule has 0 aromatic heterocycles. The molecule has 0 radical (unpaired) electrons. The average molecular weight is 258 g/mol. The molecule has 0 heterocycles. The van der Waals surface area contributed by atoms with Crippen LogP contribution >= 0.6 is 0 Å².